The summed E-state index contributed by atoms with van der Waals surface area (Å²) in [6.45, 7) is 0.166. The zero-order valence-corrected chi connectivity index (χ0v) is 15.1. The molecule has 1 N–H and O–H groups in total. The van der Waals surface area contributed by atoms with E-state index in [-0.39, 0.29) is 12.1 Å². The van der Waals surface area contributed by atoms with Crippen LogP contribution in [0.3, 0.4) is 0 Å². The van der Waals surface area contributed by atoms with Crippen LogP contribution in [-0.4, -0.2) is 10.5 Å². The van der Waals surface area contributed by atoms with Gasteiger partial charge in [0, 0.05) is 11.2 Å². The fourth-order valence-corrected chi connectivity index (χ4v) is 2.91. The van der Waals surface area contributed by atoms with Crippen molar-refractivity contribution in [2.45, 2.75) is 12.7 Å². The van der Waals surface area contributed by atoms with Crippen molar-refractivity contribution < 1.29 is 18.0 Å². The Balaban J connectivity index is 1.89. The number of pyridine rings is 1. The highest BCUT2D eigenvalue weighted by Gasteiger charge is 2.33. The second kappa shape index (κ2) is 7.90. The molecule has 0 aliphatic rings. The van der Waals surface area contributed by atoms with Crippen molar-refractivity contribution in [2.24, 2.45) is 0 Å². The predicted octanol–water partition coefficient (Wildman–Crippen LogP) is 4.82. The van der Waals surface area contributed by atoms with Crippen molar-refractivity contribution in [1.82, 2.24) is 4.57 Å². The molecule has 2 aromatic carbocycles. The highest BCUT2D eigenvalue weighted by molar-refractivity contribution is 6.30. The Labute approximate surface area is 163 Å². The summed E-state index contributed by atoms with van der Waals surface area (Å²) in [5, 5.41) is 2.68. The molecule has 0 saturated heterocycles. The molecule has 8 heteroatoms. The van der Waals surface area contributed by atoms with Crippen LogP contribution in [0.25, 0.3) is 0 Å². The van der Waals surface area contributed by atoms with Gasteiger partial charge >= 0.3 is 6.18 Å². The molecule has 28 heavy (non-hydrogen) atoms. The predicted molar refractivity (Wildman–Crippen MR) is 101 cm³/mol. The van der Waals surface area contributed by atoms with Crippen LogP contribution >= 0.6 is 11.6 Å². The Kier molecular flexibility index (Phi) is 5.56. The number of rotatable bonds is 4. The number of hydrogen-bond donors (Lipinski definition) is 1. The topological polar surface area (TPSA) is 51.1 Å². The molecule has 0 saturated carbocycles. The first kappa shape index (κ1) is 19.7. The van der Waals surface area contributed by atoms with E-state index in [2.05, 4.69) is 5.32 Å². The van der Waals surface area contributed by atoms with Gasteiger partial charge in [-0.15, -0.1) is 0 Å². The summed E-state index contributed by atoms with van der Waals surface area (Å²) in [5.41, 5.74) is -1.54. The van der Waals surface area contributed by atoms with Crippen molar-refractivity contribution in [3.05, 3.63) is 98.9 Å². The van der Waals surface area contributed by atoms with Crippen LogP contribution in [0.5, 0.6) is 0 Å². The summed E-state index contributed by atoms with van der Waals surface area (Å²) in [6, 6.07) is 14.2. The molecule has 0 bridgehead atoms. The summed E-state index contributed by atoms with van der Waals surface area (Å²) in [6.07, 6.45) is -3.14. The Bertz CT molecular complexity index is 1080. The zero-order valence-electron chi connectivity index (χ0n) is 14.3. The van der Waals surface area contributed by atoms with Gasteiger partial charge in [-0.3, -0.25) is 9.59 Å². The number of nitrogens with one attached hydrogen (secondary N) is 1. The van der Waals surface area contributed by atoms with Crippen molar-refractivity contribution >= 4 is 23.2 Å². The molecule has 144 valence electrons. The van der Waals surface area contributed by atoms with Crippen LogP contribution < -0.4 is 10.9 Å². The van der Waals surface area contributed by atoms with Gasteiger partial charge in [-0.25, -0.2) is 0 Å². The molecule has 0 aliphatic heterocycles. The number of alkyl halides is 3. The zero-order chi connectivity index (χ0) is 20.3. The first-order valence-electron chi connectivity index (χ1n) is 8.17. The summed E-state index contributed by atoms with van der Waals surface area (Å²) in [7, 11) is 0. The van der Waals surface area contributed by atoms with E-state index in [1.165, 1.54) is 35.0 Å². The number of hydrogen-bond acceptors (Lipinski definition) is 2. The Morgan fingerprint density at radius 1 is 1.04 bits per heavy atom. The van der Waals surface area contributed by atoms with Crippen molar-refractivity contribution in [2.75, 3.05) is 5.32 Å². The summed E-state index contributed by atoms with van der Waals surface area (Å²) < 4.78 is 40.6. The van der Waals surface area contributed by atoms with Crippen molar-refractivity contribution in [3.63, 3.8) is 0 Å². The van der Waals surface area contributed by atoms with E-state index >= 15 is 0 Å². The molecule has 0 spiro atoms. The number of carbonyl (C=O) groups is 1. The normalized spacial score (nSPS) is 11.3. The highest BCUT2D eigenvalue weighted by Crippen LogP contribution is 2.34. The van der Waals surface area contributed by atoms with E-state index in [0.717, 1.165) is 17.7 Å². The second-order valence-corrected chi connectivity index (χ2v) is 6.42. The van der Waals surface area contributed by atoms with Crippen LogP contribution in [0.4, 0.5) is 18.9 Å². The lowest BCUT2D eigenvalue weighted by Crippen LogP contribution is -2.29. The van der Waals surface area contributed by atoms with Gasteiger partial charge in [0.2, 0.25) is 0 Å². The van der Waals surface area contributed by atoms with E-state index in [0.29, 0.717) is 5.02 Å². The average molecular weight is 407 g/mol. The first-order chi connectivity index (χ1) is 13.3. The van der Waals surface area contributed by atoms with E-state index in [4.69, 9.17) is 11.6 Å². The third kappa shape index (κ3) is 4.43. The number of aromatic nitrogens is 1. The Hall–Kier alpha value is -3.06. The first-order valence-corrected chi connectivity index (χ1v) is 8.55. The molecule has 0 aliphatic carbocycles. The van der Waals surface area contributed by atoms with Gasteiger partial charge in [-0.1, -0.05) is 35.9 Å². The van der Waals surface area contributed by atoms with Gasteiger partial charge in [0.15, 0.2) is 0 Å². The number of benzene rings is 2. The fraction of sp³-hybridized carbons (Fsp3) is 0.100. The molecule has 0 unspecified atom stereocenters. The van der Waals surface area contributed by atoms with E-state index in [1.807, 2.05) is 0 Å². The van der Waals surface area contributed by atoms with Crippen molar-refractivity contribution in [3.8, 4) is 0 Å². The summed E-state index contributed by atoms with van der Waals surface area (Å²) in [4.78, 5) is 25.1. The third-order valence-corrected chi connectivity index (χ3v) is 4.22. The average Bonchev–Trinajstić information content (AvgIpc) is 2.63. The summed E-state index contributed by atoms with van der Waals surface area (Å²) >= 11 is 5.93. The third-order valence-electron chi connectivity index (χ3n) is 3.99. The Morgan fingerprint density at radius 2 is 1.79 bits per heavy atom. The lowest BCUT2D eigenvalue weighted by atomic mass is 10.1. The molecule has 0 atom stereocenters. The largest absolute Gasteiger partial charge is 0.418 e. The second-order valence-electron chi connectivity index (χ2n) is 5.98. The number of carbonyl (C=O) groups excluding carboxylic acids is 1. The van der Waals surface area contributed by atoms with E-state index in [1.54, 1.807) is 24.3 Å². The van der Waals surface area contributed by atoms with Crippen LogP contribution in [0.1, 0.15) is 21.5 Å². The number of anilines is 1. The molecule has 0 fully saturated rings. The van der Waals surface area contributed by atoms with Gasteiger partial charge in [0.25, 0.3) is 11.5 Å². The van der Waals surface area contributed by atoms with Crippen LogP contribution in [0, 0.1) is 0 Å². The fourth-order valence-electron chi connectivity index (χ4n) is 2.70. The maximum atomic E-state index is 13.1. The quantitative estimate of drug-likeness (QED) is 0.675. The molecule has 1 amide bonds. The van der Waals surface area contributed by atoms with Gasteiger partial charge in [-0.2, -0.15) is 13.2 Å². The minimum absolute atomic E-state index is 0.166. The summed E-state index contributed by atoms with van der Waals surface area (Å²) in [5.74, 6) is -0.915. The van der Waals surface area contributed by atoms with Crippen LogP contribution in [0.15, 0.2) is 71.7 Å². The van der Waals surface area contributed by atoms with E-state index in [9.17, 15) is 22.8 Å². The van der Waals surface area contributed by atoms with Crippen molar-refractivity contribution in [1.29, 1.82) is 0 Å². The molecule has 4 nitrogen and oxygen atoms in total. The molecule has 1 aromatic heterocycles. The Morgan fingerprint density at radius 3 is 2.50 bits per heavy atom. The van der Waals surface area contributed by atoms with Gasteiger partial charge in [0.05, 0.1) is 17.8 Å². The van der Waals surface area contributed by atoms with Gasteiger partial charge in [0.1, 0.15) is 5.56 Å². The van der Waals surface area contributed by atoms with Crippen LogP contribution in [-0.2, 0) is 12.7 Å². The monoisotopic (exact) mass is 406 g/mol. The smallest absolute Gasteiger partial charge is 0.321 e. The lowest BCUT2D eigenvalue weighted by Gasteiger charge is -2.14. The molecule has 1 heterocycles. The van der Waals surface area contributed by atoms with Gasteiger partial charge in [-0.05, 0) is 42.0 Å². The highest BCUT2D eigenvalue weighted by atomic mass is 35.5. The maximum Gasteiger partial charge on any atom is 0.418 e. The molecular formula is C20H14ClF3N2O2. The minimum atomic E-state index is -4.63. The van der Waals surface area contributed by atoms with Gasteiger partial charge < -0.3 is 9.88 Å². The standard InChI is InChI=1S/C20H14ClF3N2O2/c21-14-6-3-5-13(11-14)12-26-10-4-7-15(19(26)28)18(27)25-17-9-2-1-8-16(17)20(22,23)24/h1-11H,12H2,(H,25,27). The lowest BCUT2D eigenvalue weighted by molar-refractivity contribution is -0.136. The molecule has 3 rings (SSSR count). The number of nitrogens with zero attached hydrogens (tertiary/aromatic N) is 1. The molecular weight excluding hydrogens is 393 g/mol. The maximum absolute atomic E-state index is 13.1. The number of amides is 1. The number of halogens is 4. The van der Waals surface area contributed by atoms with Crippen LogP contribution in [0.2, 0.25) is 5.02 Å². The molecule has 0 radical (unpaired) electrons. The SMILES string of the molecule is O=C(Nc1ccccc1C(F)(F)F)c1cccn(Cc2cccc(Cl)c2)c1=O. The minimum Gasteiger partial charge on any atom is -0.321 e. The number of para-hydroxylation sites is 1. The van der Waals surface area contributed by atoms with E-state index < -0.39 is 28.9 Å². The molecule has 3 aromatic rings.